The minimum absolute atomic E-state index is 0.00190. The Morgan fingerprint density at radius 2 is 1.92 bits per heavy atom. The molecule has 0 amide bonds. The van der Waals surface area contributed by atoms with Gasteiger partial charge in [0.15, 0.2) is 0 Å². The molecule has 0 radical (unpaired) electrons. The molecule has 0 spiro atoms. The highest BCUT2D eigenvalue weighted by molar-refractivity contribution is 5.92. The first kappa shape index (κ1) is 11.4. The molecule has 0 rings (SSSR count). The minimum atomic E-state index is -1.42. The maximum Gasteiger partial charge on any atom is 0.371 e. The summed E-state index contributed by atoms with van der Waals surface area (Å²) in [6.45, 7) is 0.201. The van der Waals surface area contributed by atoms with Crippen molar-refractivity contribution in [2.45, 2.75) is 0 Å². The van der Waals surface area contributed by atoms with Crippen LogP contribution in [0.3, 0.4) is 0 Å². The zero-order valence-corrected chi connectivity index (χ0v) is 7.02. The number of hydrogen-bond acceptors (Lipinski definition) is 4. The third-order valence-electron chi connectivity index (χ3n) is 1.01. The molecule has 0 aromatic carbocycles. The van der Waals surface area contributed by atoms with Crippen LogP contribution in [0.2, 0.25) is 0 Å². The third kappa shape index (κ3) is 5.68. The second-order valence-corrected chi connectivity index (χ2v) is 1.99. The lowest BCUT2D eigenvalue weighted by molar-refractivity contribution is -0.138. The fraction of sp³-hybridized carbons (Fsp3) is 0.429. The van der Waals surface area contributed by atoms with Crippen molar-refractivity contribution in [2.24, 2.45) is 0 Å². The quantitative estimate of drug-likeness (QED) is 0.339. The molecule has 0 unspecified atom stereocenters. The molecule has 6 heteroatoms. The fourth-order valence-electron chi connectivity index (χ4n) is 0.512. The van der Waals surface area contributed by atoms with Crippen LogP contribution in [-0.4, -0.2) is 42.5 Å². The third-order valence-corrected chi connectivity index (χ3v) is 1.01. The Morgan fingerprint density at radius 1 is 1.31 bits per heavy atom. The van der Waals surface area contributed by atoms with E-state index in [0.29, 0.717) is 6.08 Å². The fourth-order valence-corrected chi connectivity index (χ4v) is 0.512. The molecule has 0 fully saturated rings. The molecule has 0 saturated heterocycles. The van der Waals surface area contributed by atoms with Gasteiger partial charge in [-0.2, -0.15) is 0 Å². The summed E-state index contributed by atoms with van der Waals surface area (Å²) >= 11 is 0. The van der Waals surface area contributed by atoms with Gasteiger partial charge in [0.2, 0.25) is 5.76 Å². The average Bonchev–Trinajstić information content (AvgIpc) is 2.02. The van der Waals surface area contributed by atoms with Crippen LogP contribution >= 0.6 is 0 Å². The average molecular weight is 190 g/mol. The van der Waals surface area contributed by atoms with E-state index in [2.05, 4.69) is 9.47 Å². The molecule has 0 aromatic heterocycles. The van der Waals surface area contributed by atoms with Gasteiger partial charge in [-0.3, -0.25) is 0 Å². The maximum absolute atomic E-state index is 10.3. The number of aliphatic carboxylic acids is 2. The van der Waals surface area contributed by atoms with Crippen molar-refractivity contribution in [3.8, 4) is 0 Å². The van der Waals surface area contributed by atoms with Gasteiger partial charge in [-0.1, -0.05) is 0 Å². The number of ether oxygens (including phenoxy) is 2. The molecule has 0 atom stereocenters. The van der Waals surface area contributed by atoms with Crippen LogP contribution in [0.5, 0.6) is 0 Å². The standard InChI is InChI=1S/C7H10O6/c1-12-2-3-13-5(7(10)11)4-6(8)9/h4H,2-3H2,1H3,(H,8,9)(H,10,11)/b5-4-. The van der Waals surface area contributed by atoms with Gasteiger partial charge in [0.25, 0.3) is 0 Å². The molecule has 6 nitrogen and oxygen atoms in total. The van der Waals surface area contributed by atoms with E-state index in [-0.39, 0.29) is 13.2 Å². The molecule has 0 aromatic rings. The van der Waals surface area contributed by atoms with Gasteiger partial charge in [0.1, 0.15) is 6.61 Å². The Labute approximate surface area is 74.4 Å². The van der Waals surface area contributed by atoms with Crippen LogP contribution < -0.4 is 0 Å². The molecule has 0 heterocycles. The van der Waals surface area contributed by atoms with Gasteiger partial charge in [0.05, 0.1) is 12.7 Å². The Bertz CT molecular complexity index is 219. The summed E-state index contributed by atoms with van der Waals surface area (Å²) in [5.41, 5.74) is 0. The Balaban J connectivity index is 4.11. The van der Waals surface area contributed by atoms with Crippen LogP contribution in [0.25, 0.3) is 0 Å². The number of carboxylic acid groups (broad SMARTS) is 2. The molecule has 0 aliphatic carbocycles. The predicted octanol–water partition coefficient (Wildman–Crippen LogP) is -0.297. The van der Waals surface area contributed by atoms with Crippen molar-refractivity contribution in [1.82, 2.24) is 0 Å². The van der Waals surface area contributed by atoms with E-state index >= 15 is 0 Å². The lowest BCUT2D eigenvalue weighted by atomic mass is 10.4. The summed E-state index contributed by atoms with van der Waals surface area (Å²) in [6.07, 6.45) is 0.484. The normalized spacial score (nSPS) is 11.0. The number of hydrogen-bond donors (Lipinski definition) is 2. The highest BCUT2D eigenvalue weighted by Gasteiger charge is 2.10. The largest absolute Gasteiger partial charge is 0.484 e. The molecule has 0 aliphatic rings. The molecule has 0 aliphatic heterocycles. The lowest BCUT2D eigenvalue weighted by Crippen LogP contribution is -2.10. The SMILES string of the molecule is COCCO/C(=C\C(=O)O)C(=O)O. The van der Waals surface area contributed by atoms with Gasteiger partial charge >= 0.3 is 11.9 Å². The number of carboxylic acids is 2. The van der Waals surface area contributed by atoms with Gasteiger partial charge in [-0.05, 0) is 0 Å². The summed E-state index contributed by atoms with van der Waals surface area (Å²) in [4.78, 5) is 20.4. The molecule has 0 saturated carbocycles. The molecule has 13 heavy (non-hydrogen) atoms. The van der Waals surface area contributed by atoms with Crippen molar-refractivity contribution in [3.63, 3.8) is 0 Å². The van der Waals surface area contributed by atoms with Crippen molar-refractivity contribution < 1.29 is 29.3 Å². The smallest absolute Gasteiger partial charge is 0.371 e. The Kier molecular flexibility index (Phi) is 5.29. The summed E-state index contributed by atoms with van der Waals surface area (Å²) in [7, 11) is 1.42. The summed E-state index contributed by atoms with van der Waals surface area (Å²) in [5, 5.41) is 16.7. The monoisotopic (exact) mass is 190 g/mol. The van der Waals surface area contributed by atoms with Crippen molar-refractivity contribution >= 4 is 11.9 Å². The van der Waals surface area contributed by atoms with Gasteiger partial charge in [-0.25, -0.2) is 9.59 Å². The number of carbonyl (C=O) groups is 2. The van der Waals surface area contributed by atoms with E-state index in [1.165, 1.54) is 7.11 Å². The van der Waals surface area contributed by atoms with Crippen LogP contribution in [-0.2, 0) is 19.1 Å². The first-order chi connectivity index (χ1) is 6.07. The molecule has 2 N–H and O–H groups in total. The zero-order chi connectivity index (χ0) is 10.3. The van der Waals surface area contributed by atoms with E-state index in [4.69, 9.17) is 10.2 Å². The Morgan fingerprint density at radius 3 is 2.31 bits per heavy atom. The molecule has 0 bridgehead atoms. The van der Waals surface area contributed by atoms with E-state index in [1.807, 2.05) is 0 Å². The maximum atomic E-state index is 10.3. The highest BCUT2D eigenvalue weighted by atomic mass is 16.5. The first-order valence-corrected chi connectivity index (χ1v) is 3.37. The Hall–Kier alpha value is -1.56. The summed E-state index contributed by atoms with van der Waals surface area (Å²) < 4.78 is 9.19. The second-order valence-electron chi connectivity index (χ2n) is 1.99. The number of methoxy groups -OCH3 is 1. The first-order valence-electron chi connectivity index (χ1n) is 3.37. The summed E-state index contributed by atoms with van der Waals surface area (Å²) in [5.74, 6) is -3.39. The van der Waals surface area contributed by atoms with Crippen LogP contribution in [0.4, 0.5) is 0 Å². The number of rotatable bonds is 6. The second kappa shape index (κ2) is 6.01. The minimum Gasteiger partial charge on any atom is -0.484 e. The van der Waals surface area contributed by atoms with E-state index < -0.39 is 17.7 Å². The van der Waals surface area contributed by atoms with Gasteiger partial charge < -0.3 is 19.7 Å². The zero-order valence-electron chi connectivity index (χ0n) is 7.02. The van der Waals surface area contributed by atoms with Gasteiger partial charge in [0, 0.05) is 7.11 Å². The molecular weight excluding hydrogens is 180 g/mol. The highest BCUT2D eigenvalue weighted by Crippen LogP contribution is 1.97. The van der Waals surface area contributed by atoms with E-state index in [0.717, 1.165) is 0 Å². The topological polar surface area (TPSA) is 93.1 Å². The lowest BCUT2D eigenvalue weighted by Gasteiger charge is -2.04. The van der Waals surface area contributed by atoms with Crippen LogP contribution in [0, 0.1) is 0 Å². The van der Waals surface area contributed by atoms with Gasteiger partial charge in [-0.15, -0.1) is 0 Å². The summed E-state index contributed by atoms with van der Waals surface area (Å²) in [6, 6.07) is 0. The van der Waals surface area contributed by atoms with Crippen LogP contribution in [0.1, 0.15) is 0 Å². The van der Waals surface area contributed by atoms with E-state index in [1.54, 1.807) is 0 Å². The van der Waals surface area contributed by atoms with Crippen molar-refractivity contribution in [2.75, 3.05) is 20.3 Å². The van der Waals surface area contributed by atoms with Crippen molar-refractivity contribution in [1.29, 1.82) is 0 Å². The van der Waals surface area contributed by atoms with E-state index in [9.17, 15) is 9.59 Å². The predicted molar refractivity (Wildman–Crippen MR) is 41.2 cm³/mol. The molecule has 74 valence electrons. The van der Waals surface area contributed by atoms with Crippen LogP contribution in [0.15, 0.2) is 11.8 Å². The molecular formula is C7H10O6. The van der Waals surface area contributed by atoms with Crippen molar-refractivity contribution in [3.05, 3.63) is 11.8 Å².